The maximum atomic E-state index is 12.1. The Bertz CT molecular complexity index is 901. The molecule has 0 aliphatic carbocycles. The van der Waals surface area contributed by atoms with Gasteiger partial charge in [0.05, 0.1) is 12.7 Å². The summed E-state index contributed by atoms with van der Waals surface area (Å²) >= 11 is 0. The van der Waals surface area contributed by atoms with E-state index in [1.165, 1.54) is 6.08 Å². The first kappa shape index (κ1) is 17.9. The zero-order chi connectivity index (χ0) is 18.7. The Kier molecular flexibility index (Phi) is 5.21. The average Bonchev–Trinajstić information content (AvgIpc) is 3.39. The molecule has 1 amide bonds. The zero-order valence-electron chi connectivity index (χ0n) is 14.5. The predicted molar refractivity (Wildman–Crippen MR) is 100 cm³/mol. The van der Waals surface area contributed by atoms with E-state index in [0.717, 1.165) is 28.6 Å². The van der Waals surface area contributed by atoms with E-state index >= 15 is 0 Å². The normalized spacial score (nSPS) is 17.7. The van der Waals surface area contributed by atoms with Gasteiger partial charge in [0.15, 0.2) is 0 Å². The molecule has 0 aromatic heterocycles. The van der Waals surface area contributed by atoms with Gasteiger partial charge in [-0.3, -0.25) is 4.79 Å². The first-order valence-corrected chi connectivity index (χ1v) is 8.52. The molecule has 2 atom stereocenters. The largest absolute Gasteiger partial charge is 0.394 e. The van der Waals surface area contributed by atoms with E-state index in [1.807, 2.05) is 36.4 Å². The smallest absolute Gasteiger partial charge is 0.262 e. The Balaban J connectivity index is 1.88. The number of hydrogen-bond donors (Lipinski definition) is 3. The third kappa shape index (κ3) is 3.85. The second kappa shape index (κ2) is 7.56. The number of carbonyl (C=O) groups excluding carboxylic acids is 1. The minimum atomic E-state index is -1.04. The molecular formula is C20H21N3O3. The Morgan fingerprint density at radius 2 is 2.23 bits per heavy atom. The van der Waals surface area contributed by atoms with Crippen LogP contribution in [0.15, 0.2) is 42.0 Å². The monoisotopic (exact) mass is 351 g/mol. The molecule has 6 nitrogen and oxygen atoms in total. The molecule has 2 unspecified atom stereocenters. The summed E-state index contributed by atoms with van der Waals surface area (Å²) in [4.78, 5) is 14.4. The van der Waals surface area contributed by atoms with Gasteiger partial charge in [-0.05, 0) is 36.1 Å². The number of amides is 1. The van der Waals surface area contributed by atoms with Gasteiger partial charge in [0, 0.05) is 30.2 Å². The van der Waals surface area contributed by atoms with Crippen LogP contribution in [-0.4, -0.2) is 48.0 Å². The average molecular weight is 351 g/mol. The third-order valence-corrected chi connectivity index (χ3v) is 4.44. The molecule has 0 spiro atoms. The van der Waals surface area contributed by atoms with E-state index in [-0.39, 0.29) is 12.1 Å². The Hall–Kier alpha value is -2.88. The van der Waals surface area contributed by atoms with E-state index in [9.17, 15) is 15.2 Å². The minimum absolute atomic E-state index is 0.0490. The van der Waals surface area contributed by atoms with Crippen molar-refractivity contribution in [2.24, 2.45) is 0 Å². The first-order valence-electron chi connectivity index (χ1n) is 8.52. The second-order valence-corrected chi connectivity index (χ2v) is 6.48. The SMILES string of the molecule is CC1CN1c1cccc2ccc(/C=C(\C#N)C(=O)NCC(O)CO)cc12. The van der Waals surface area contributed by atoms with Crippen LogP contribution in [0.1, 0.15) is 12.5 Å². The summed E-state index contributed by atoms with van der Waals surface area (Å²) in [6, 6.07) is 14.4. The van der Waals surface area contributed by atoms with Crippen LogP contribution in [-0.2, 0) is 4.79 Å². The fraction of sp³-hybridized carbons (Fsp3) is 0.300. The molecule has 1 saturated heterocycles. The van der Waals surface area contributed by atoms with Crippen LogP contribution in [0.3, 0.4) is 0 Å². The molecule has 1 aliphatic rings. The van der Waals surface area contributed by atoms with Crippen LogP contribution in [0.25, 0.3) is 16.8 Å². The van der Waals surface area contributed by atoms with E-state index < -0.39 is 18.6 Å². The Labute approximate surface area is 152 Å². The van der Waals surface area contributed by atoms with E-state index in [2.05, 4.69) is 23.2 Å². The number of benzene rings is 2. The zero-order valence-corrected chi connectivity index (χ0v) is 14.5. The van der Waals surface area contributed by atoms with Gasteiger partial charge in [0.1, 0.15) is 11.6 Å². The molecule has 3 rings (SSSR count). The molecule has 0 bridgehead atoms. The Morgan fingerprint density at radius 3 is 2.88 bits per heavy atom. The summed E-state index contributed by atoms with van der Waals surface area (Å²) in [5.41, 5.74) is 1.86. The number of anilines is 1. The van der Waals surface area contributed by atoms with Gasteiger partial charge in [-0.25, -0.2) is 0 Å². The number of nitrogens with one attached hydrogen (secondary N) is 1. The molecule has 134 valence electrons. The summed E-state index contributed by atoms with van der Waals surface area (Å²) in [7, 11) is 0. The maximum absolute atomic E-state index is 12.1. The molecule has 0 saturated carbocycles. The fourth-order valence-electron chi connectivity index (χ4n) is 2.87. The summed E-state index contributed by atoms with van der Waals surface area (Å²) in [6.07, 6.45) is 0.486. The first-order chi connectivity index (χ1) is 12.5. The molecule has 2 aromatic carbocycles. The van der Waals surface area contributed by atoms with Crippen molar-refractivity contribution in [3.8, 4) is 6.07 Å². The molecule has 1 fully saturated rings. The standard InChI is InChI=1S/C20H21N3O3/c1-13-11-23(13)19-4-2-3-15-6-5-14(8-18(15)19)7-16(9-21)20(26)22-10-17(25)12-24/h2-8,13,17,24-25H,10-12H2,1H3,(H,22,26)/b16-7+. The number of carbonyl (C=O) groups is 1. The predicted octanol–water partition coefficient (Wildman–Crippen LogP) is 1.42. The lowest BCUT2D eigenvalue weighted by molar-refractivity contribution is -0.117. The molecule has 0 radical (unpaired) electrons. The molecule has 1 heterocycles. The lowest BCUT2D eigenvalue weighted by atomic mass is 10.0. The molecule has 6 heteroatoms. The maximum Gasteiger partial charge on any atom is 0.262 e. The van der Waals surface area contributed by atoms with Gasteiger partial charge in [-0.1, -0.05) is 24.3 Å². The summed E-state index contributed by atoms with van der Waals surface area (Å²) < 4.78 is 0. The molecule has 1 aliphatic heterocycles. The van der Waals surface area contributed by atoms with E-state index in [1.54, 1.807) is 0 Å². The van der Waals surface area contributed by atoms with Gasteiger partial charge in [-0.15, -0.1) is 0 Å². The van der Waals surface area contributed by atoms with Crippen molar-refractivity contribution in [3.63, 3.8) is 0 Å². The van der Waals surface area contributed by atoms with Crippen LogP contribution in [0.2, 0.25) is 0 Å². The van der Waals surface area contributed by atoms with Gasteiger partial charge < -0.3 is 20.4 Å². The number of hydrogen-bond acceptors (Lipinski definition) is 5. The summed E-state index contributed by atoms with van der Waals surface area (Å²) in [6.45, 7) is 2.64. The molecule has 3 N–H and O–H groups in total. The topological polar surface area (TPSA) is 96.4 Å². The van der Waals surface area contributed by atoms with E-state index in [0.29, 0.717) is 6.04 Å². The minimum Gasteiger partial charge on any atom is -0.394 e. The number of nitrogens with zero attached hydrogens (tertiary/aromatic N) is 2. The molecule has 2 aromatic rings. The number of rotatable bonds is 6. The van der Waals surface area contributed by atoms with Crippen molar-refractivity contribution < 1.29 is 15.0 Å². The van der Waals surface area contributed by atoms with Crippen molar-refractivity contribution in [2.45, 2.75) is 19.1 Å². The van der Waals surface area contributed by atoms with Crippen molar-refractivity contribution >= 4 is 28.4 Å². The molecule has 26 heavy (non-hydrogen) atoms. The highest BCUT2D eigenvalue weighted by molar-refractivity contribution is 6.03. The lowest BCUT2D eigenvalue weighted by Gasteiger charge is -2.10. The summed E-state index contributed by atoms with van der Waals surface area (Å²) in [5, 5.41) is 32.0. The number of fused-ring (bicyclic) bond motifs is 1. The van der Waals surface area contributed by atoms with Gasteiger partial charge in [0.2, 0.25) is 0 Å². The summed E-state index contributed by atoms with van der Waals surface area (Å²) in [5.74, 6) is -0.576. The second-order valence-electron chi connectivity index (χ2n) is 6.48. The van der Waals surface area contributed by atoms with Crippen LogP contribution in [0.5, 0.6) is 0 Å². The van der Waals surface area contributed by atoms with Crippen LogP contribution >= 0.6 is 0 Å². The van der Waals surface area contributed by atoms with Crippen molar-refractivity contribution in [2.75, 3.05) is 24.6 Å². The van der Waals surface area contributed by atoms with Crippen LogP contribution in [0, 0.1) is 11.3 Å². The highest BCUT2D eigenvalue weighted by Gasteiger charge is 2.30. The van der Waals surface area contributed by atoms with Crippen LogP contribution in [0.4, 0.5) is 5.69 Å². The number of nitriles is 1. The highest BCUT2D eigenvalue weighted by Crippen LogP contribution is 2.34. The quantitative estimate of drug-likeness (QED) is 0.416. The van der Waals surface area contributed by atoms with Crippen molar-refractivity contribution in [1.29, 1.82) is 5.26 Å². The molecular weight excluding hydrogens is 330 g/mol. The van der Waals surface area contributed by atoms with Crippen LogP contribution < -0.4 is 10.2 Å². The van der Waals surface area contributed by atoms with Gasteiger partial charge >= 0.3 is 0 Å². The lowest BCUT2D eigenvalue weighted by Crippen LogP contribution is -2.34. The van der Waals surface area contributed by atoms with E-state index in [4.69, 9.17) is 5.11 Å². The Morgan fingerprint density at radius 1 is 1.46 bits per heavy atom. The van der Waals surface area contributed by atoms with Gasteiger partial charge in [0.25, 0.3) is 5.91 Å². The number of aliphatic hydroxyl groups excluding tert-OH is 2. The number of aliphatic hydroxyl groups is 2. The third-order valence-electron chi connectivity index (χ3n) is 4.44. The van der Waals surface area contributed by atoms with Crippen molar-refractivity contribution in [1.82, 2.24) is 5.32 Å². The highest BCUT2D eigenvalue weighted by atomic mass is 16.3. The fourth-order valence-corrected chi connectivity index (χ4v) is 2.87. The van der Waals surface area contributed by atoms with Crippen molar-refractivity contribution in [3.05, 3.63) is 47.5 Å². The van der Waals surface area contributed by atoms with Gasteiger partial charge in [-0.2, -0.15) is 5.26 Å².